The van der Waals surface area contributed by atoms with E-state index in [2.05, 4.69) is 5.32 Å². The molecule has 0 bridgehead atoms. The summed E-state index contributed by atoms with van der Waals surface area (Å²) in [6, 6.07) is 4.34. The molecule has 0 aliphatic carbocycles. The van der Waals surface area contributed by atoms with Crippen LogP contribution in [0.5, 0.6) is 5.75 Å². The van der Waals surface area contributed by atoms with Crippen LogP contribution < -0.4 is 10.1 Å². The molecule has 1 amide bonds. The highest BCUT2D eigenvalue weighted by atomic mass is 16.6. The standard InChI is InChI=1S/C15H21N3O4/c1-16-10-11-5-7-17(8-6-11)15(19)12-3-4-14(22-2)13(9-12)18(20)21/h3-4,9,11,16H,5-8,10H2,1-2H3. The van der Waals surface area contributed by atoms with Gasteiger partial charge >= 0.3 is 5.69 Å². The first-order valence-corrected chi connectivity index (χ1v) is 7.33. The van der Waals surface area contributed by atoms with Gasteiger partial charge in [0.05, 0.1) is 12.0 Å². The van der Waals surface area contributed by atoms with Gasteiger partial charge < -0.3 is 15.0 Å². The summed E-state index contributed by atoms with van der Waals surface area (Å²) in [5, 5.41) is 14.2. The number of nitrogens with one attached hydrogen (secondary N) is 1. The summed E-state index contributed by atoms with van der Waals surface area (Å²) in [4.78, 5) is 24.8. The third kappa shape index (κ3) is 3.54. The fourth-order valence-corrected chi connectivity index (χ4v) is 2.78. The zero-order chi connectivity index (χ0) is 16.1. The van der Waals surface area contributed by atoms with Gasteiger partial charge in [0.2, 0.25) is 0 Å². The predicted octanol–water partition coefficient (Wildman–Crippen LogP) is 1.68. The molecule has 1 aliphatic heterocycles. The monoisotopic (exact) mass is 307 g/mol. The van der Waals surface area contributed by atoms with Crippen molar-refractivity contribution in [1.29, 1.82) is 0 Å². The van der Waals surface area contributed by atoms with Crippen molar-refractivity contribution in [1.82, 2.24) is 10.2 Å². The molecule has 0 unspecified atom stereocenters. The van der Waals surface area contributed by atoms with Crippen LogP contribution in [0.15, 0.2) is 18.2 Å². The number of nitrogens with zero attached hydrogens (tertiary/aromatic N) is 2. The van der Waals surface area contributed by atoms with Crippen molar-refractivity contribution >= 4 is 11.6 Å². The van der Waals surface area contributed by atoms with Crippen LogP contribution in [0.3, 0.4) is 0 Å². The highest BCUT2D eigenvalue weighted by Gasteiger charge is 2.25. The number of nitro benzene ring substituents is 1. The Labute approximate surface area is 129 Å². The molecule has 2 rings (SSSR count). The van der Waals surface area contributed by atoms with Gasteiger partial charge in [-0.2, -0.15) is 0 Å². The number of hydrogen-bond acceptors (Lipinski definition) is 5. The lowest BCUT2D eigenvalue weighted by Gasteiger charge is -2.32. The molecule has 7 nitrogen and oxygen atoms in total. The molecule has 7 heteroatoms. The Morgan fingerprint density at radius 3 is 2.68 bits per heavy atom. The van der Waals surface area contributed by atoms with E-state index in [0.717, 1.165) is 19.4 Å². The average molecular weight is 307 g/mol. The van der Waals surface area contributed by atoms with Gasteiger partial charge in [-0.1, -0.05) is 0 Å². The minimum Gasteiger partial charge on any atom is -0.490 e. The van der Waals surface area contributed by atoms with Gasteiger partial charge in [-0.25, -0.2) is 0 Å². The summed E-state index contributed by atoms with van der Waals surface area (Å²) in [7, 11) is 3.30. The average Bonchev–Trinajstić information content (AvgIpc) is 2.54. The minimum atomic E-state index is -0.533. The number of benzene rings is 1. The summed E-state index contributed by atoms with van der Waals surface area (Å²) in [6.07, 6.45) is 1.90. The maximum Gasteiger partial charge on any atom is 0.311 e. The lowest BCUT2D eigenvalue weighted by molar-refractivity contribution is -0.385. The van der Waals surface area contributed by atoms with Crippen LogP contribution in [0.25, 0.3) is 0 Å². The van der Waals surface area contributed by atoms with Gasteiger partial charge in [0.25, 0.3) is 5.91 Å². The van der Waals surface area contributed by atoms with Crippen LogP contribution >= 0.6 is 0 Å². The first kappa shape index (κ1) is 16.2. The first-order chi connectivity index (χ1) is 10.6. The number of likely N-dealkylation sites (tertiary alicyclic amines) is 1. The largest absolute Gasteiger partial charge is 0.490 e. The molecule has 1 heterocycles. The minimum absolute atomic E-state index is 0.159. The number of carbonyl (C=O) groups is 1. The molecule has 22 heavy (non-hydrogen) atoms. The molecule has 0 saturated carbocycles. The van der Waals surface area contributed by atoms with E-state index in [0.29, 0.717) is 24.6 Å². The van der Waals surface area contributed by atoms with Crippen LogP contribution in [-0.4, -0.2) is 49.5 Å². The Morgan fingerprint density at radius 1 is 1.45 bits per heavy atom. The number of amides is 1. The number of methoxy groups -OCH3 is 1. The number of carbonyl (C=O) groups excluding carboxylic acids is 1. The fourth-order valence-electron chi connectivity index (χ4n) is 2.78. The Balaban J connectivity index is 2.10. The number of nitro groups is 1. The smallest absolute Gasteiger partial charge is 0.311 e. The Kier molecular flexibility index (Phi) is 5.32. The summed E-state index contributed by atoms with van der Waals surface area (Å²) in [5.41, 5.74) is 0.151. The quantitative estimate of drug-likeness (QED) is 0.661. The van der Waals surface area contributed by atoms with E-state index in [1.165, 1.54) is 19.2 Å². The molecule has 0 aromatic heterocycles. The maximum atomic E-state index is 12.5. The molecule has 1 fully saturated rings. The maximum absolute atomic E-state index is 12.5. The first-order valence-electron chi connectivity index (χ1n) is 7.33. The fraction of sp³-hybridized carbons (Fsp3) is 0.533. The van der Waals surface area contributed by atoms with Gasteiger partial charge in [-0.05, 0) is 44.5 Å². The Bertz CT molecular complexity index is 554. The lowest BCUT2D eigenvalue weighted by Crippen LogP contribution is -2.40. The van der Waals surface area contributed by atoms with Gasteiger partial charge in [-0.3, -0.25) is 14.9 Å². The topological polar surface area (TPSA) is 84.7 Å². The van der Waals surface area contributed by atoms with Crippen molar-refractivity contribution in [2.24, 2.45) is 5.92 Å². The molecule has 1 saturated heterocycles. The molecule has 1 aromatic carbocycles. The van der Waals surface area contributed by atoms with Crippen molar-refractivity contribution in [3.8, 4) is 5.75 Å². The van der Waals surface area contributed by atoms with E-state index < -0.39 is 4.92 Å². The van der Waals surface area contributed by atoms with Crippen LogP contribution in [0.1, 0.15) is 23.2 Å². The molecule has 0 spiro atoms. The van der Waals surface area contributed by atoms with E-state index >= 15 is 0 Å². The van der Waals surface area contributed by atoms with Crippen molar-refractivity contribution in [2.75, 3.05) is 33.8 Å². The van der Waals surface area contributed by atoms with Gasteiger partial charge in [0, 0.05) is 24.7 Å². The van der Waals surface area contributed by atoms with Crippen molar-refractivity contribution in [3.05, 3.63) is 33.9 Å². The zero-order valence-corrected chi connectivity index (χ0v) is 12.9. The second kappa shape index (κ2) is 7.22. The summed E-state index contributed by atoms with van der Waals surface area (Å²) < 4.78 is 4.95. The van der Waals surface area contributed by atoms with E-state index in [4.69, 9.17) is 4.74 Å². The van der Waals surface area contributed by atoms with Crippen molar-refractivity contribution in [3.63, 3.8) is 0 Å². The SMILES string of the molecule is CNCC1CCN(C(=O)c2ccc(OC)c([N+](=O)[O-])c2)CC1. The number of ether oxygens (including phenoxy) is 1. The van der Waals surface area contributed by atoms with Crippen molar-refractivity contribution in [2.45, 2.75) is 12.8 Å². The molecule has 0 radical (unpaired) electrons. The van der Waals surface area contributed by atoms with E-state index in [-0.39, 0.29) is 17.3 Å². The normalized spacial score (nSPS) is 15.6. The zero-order valence-electron chi connectivity index (χ0n) is 12.9. The van der Waals surface area contributed by atoms with Crippen LogP contribution in [0, 0.1) is 16.0 Å². The Hall–Kier alpha value is -2.15. The summed E-state index contributed by atoms with van der Waals surface area (Å²) in [6.45, 7) is 2.33. The predicted molar refractivity (Wildman–Crippen MR) is 82.2 cm³/mol. The summed E-state index contributed by atoms with van der Waals surface area (Å²) >= 11 is 0. The number of rotatable bonds is 5. The second-order valence-corrected chi connectivity index (χ2v) is 5.44. The van der Waals surface area contributed by atoms with E-state index in [1.807, 2.05) is 7.05 Å². The van der Waals surface area contributed by atoms with E-state index in [1.54, 1.807) is 11.0 Å². The number of hydrogen-bond donors (Lipinski definition) is 1. The third-order valence-electron chi connectivity index (χ3n) is 4.02. The van der Waals surface area contributed by atoms with Crippen LogP contribution in [0.2, 0.25) is 0 Å². The second-order valence-electron chi connectivity index (χ2n) is 5.44. The summed E-state index contributed by atoms with van der Waals surface area (Å²) in [5.74, 6) is 0.585. The Morgan fingerprint density at radius 2 is 2.14 bits per heavy atom. The lowest BCUT2D eigenvalue weighted by atomic mass is 9.96. The van der Waals surface area contributed by atoms with Crippen LogP contribution in [-0.2, 0) is 0 Å². The molecule has 1 aromatic rings. The molecule has 0 atom stereocenters. The third-order valence-corrected chi connectivity index (χ3v) is 4.02. The van der Waals surface area contributed by atoms with Gasteiger partial charge in [0.1, 0.15) is 0 Å². The molecular formula is C15H21N3O4. The molecule has 120 valence electrons. The molecular weight excluding hydrogens is 286 g/mol. The molecule has 1 N–H and O–H groups in total. The van der Waals surface area contributed by atoms with Gasteiger partial charge in [0.15, 0.2) is 5.75 Å². The highest BCUT2D eigenvalue weighted by molar-refractivity contribution is 5.95. The van der Waals surface area contributed by atoms with E-state index in [9.17, 15) is 14.9 Å². The number of piperidine rings is 1. The molecule has 1 aliphatic rings. The highest BCUT2D eigenvalue weighted by Crippen LogP contribution is 2.28. The van der Waals surface area contributed by atoms with Gasteiger partial charge in [-0.15, -0.1) is 0 Å². The van der Waals surface area contributed by atoms with Crippen molar-refractivity contribution < 1.29 is 14.5 Å². The van der Waals surface area contributed by atoms with Crippen LogP contribution in [0.4, 0.5) is 5.69 Å².